The number of fused-ring (bicyclic) bond motifs is 1. The van der Waals surface area contributed by atoms with E-state index in [9.17, 15) is 4.79 Å². The summed E-state index contributed by atoms with van der Waals surface area (Å²) in [6.07, 6.45) is 4.13. The van der Waals surface area contributed by atoms with E-state index in [0.29, 0.717) is 24.8 Å². The Hall–Kier alpha value is -3.98. The first-order valence-electron chi connectivity index (χ1n) is 10.2. The molecule has 5 rings (SSSR count). The van der Waals surface area contributed by atoms with Crippen LogP contribution in [0.3, 0.4) is 0 Å². The summed E-state index contributed by atoms with van der Waals surface area (Å²) in [5, 5.41) is 13.6. The monoisotopic (exact) mass is 433 g/mol. The molecule has 1 saturated heterocycles. The Morgan fingerprint density at radius 3 is 2.53 bits per heavy atom. The van der Waals surface area contributed by atoms with Crippen LogP contribution in [0.4, 0.5) is 4.79 Å². The number of para-hydroxylation sites is 1. The van der Waals surface area contributed by atoms with Crippen molar-refractivity contribution in [2.75, 3.05) is 26.2 Å². The molecule has 1 amide bonds. The van der Waals surface area contributed by atoms with Gasteiger partial charge in [-0.15, -0.1) is 0 Å². The highest BCUT2D eigenvalue weighted by Crippen LogP contribution is 2.20. The molecule has 1 aliphatic rings. The number of piperazine rings is 1. The predicted molar refractivity (Wildman–Crippen MR) is 117 cm³/mol. The standard InChI is InChI=1S/C16H18N4O3.C7H5NO/c21-16(22)20-9-7-19(8-10-20)12-13-3-1-4-14(11-13)23-15-17-5-2-6-18-15;1-2-4-7-6(3-1)5-8-9-7/h1-6,11H,7-10,12H2,(H,21,22);1-5H. The number of aromatic nitrogens is 3. The van der Waals surface area contributed by atoms with E-state index in [1.807, 2.05) is 48.5 Å². The number of hydrogen-bond donors (Lipinski definition) is 1. The molecule has 1 aliphatic heterocycles. The number of ether oxygens (including phenoxy) is 1. The van der Waals surface area contributed by atoms with E-state index in [0.717, 1.165) is 36.2 Å². The zero-order valence-electron chi connectivity index (χ0n) is 17.4. The van der Waals surface area contributed by atoms with Crippen molar-refractivity contribution in [3.05, 3.63) is 78.8 Å². The van der Waals surface area contributed by atoms with Gasteiger partial charge in [-0.1, -0.05) is 29.4 Å². The van der Waals surface area contributed by atoms with Gasteiger partial charge in [0.25, 0.3) is 0 Å². The van der Waals surface area contributed by atoms with Crippen molar-refractivity contribution < 1.29 is 19.2 Å². The third-order valence-corrected chi connectivity index (χ3v) is 4.96. The Bertz CT molecular complexity index is 1110. The van der Waals surface area contributed by atoms with E-state index in [1.54, 1.807) is 24.7 Å². The third-order valence-electron chi connectivity index (χ3n) is 4.96. The summed E-state index contributed by atoms with van der Waals surface area (Å²) in [5.41, 5.74) is 1.96. The maximum absolute atomic E-state index is 10.9. The first-order valence-corrected chi connectivity index (χ1v) is 10.2. The van der Waals surface area contributed by atoms with Crippen LogP contribution < -0.4 is 4.74 Å². The van der Waals surface area contributed by atoms with E-state index in [1.165, 1.54) is 4.90 Å². The van der Waals surface area contributed by atoms with Gasteiger partial charge in [0.1, 0.15) is 5.75 Å². The third kappa shape index (κ3) is 5.79. The van der Waals surface area contributed by atoms with Gasteiger partial charge in [0.15, 0.2) is 5.58 Å². The molecule has 0 unspecified atom stereocenters. The summed E-state index contributed by atoms with van der Waals surface area (Å²) in [7, 11) is 0. The average molecular weight is 433 g/mol. The summed E-state index contributed by atoms with van der Waals surface area (Å²) < 4.78 is 10.5. The van der Waals surface area contributed by atoms with E-state index in [4.69, 9.17) is 14.4 Å². The summed E-state index contributed by atoms with van der Waals surface area (Å²) in [6.45, 7) is 3.32. The zero-order valence-corrected chi connectivity index (χ0v) is 17.4. The van der Waals surface area contributed by atoms with E-state index in [-0.39, 0.29) is 0 Å². The van der Waals surface area contributed by atoms with Gasteiger partial charge in [0.05, 0.1) is 6.20 Å². The van der Waals surface area contributed by atoms with Crippen LogP contribution >= 0.6 is 0 Å². The van der Waals surface area contributed by atoms with Crippen molar-refractivity contribution in [3.8, 4) is 11.8 Å². The minimum atomic E-state index is -0.845. The highest BCUT2D eigenvalue weighted by molar-refractivity contribution is 5.75. The van der Waals surface area contributed by atoms with Gasteiger partial charge in [-0.25, -0.2) is 14.8 Å². The molecular weight excluding hydrogens is 410 g/mol. The summed E-state index contributed by atoms with van der Waals surface area (Å²) in [5.74, 6) is 0.692. The first kappa shape index (κ1) is 21.3. The fourth-order valence-electron chi connectivity index (χ4n) is 3.32. The van der Waals surface area contributed by atoms with Gasteiger partial charge in [0.2, 0.25) is 0 Å². The summed E-state index contributed by atoms with van der Waals surface area (Å²) in [6, 6.07) is 17.6. The Balaban J connectivity index is 0.000000225. The quantitative estimate of drug-likeness (QED) is 0.517. The van der Waals surface area contributed by atoms with Crippen molar-refractivity contribution in [3.63, 3.8) is 0 Å². The van der Waals surface area contributed by atoms with Crippen molar-refractivity contribution in [1.82, 2.24) is 24.9 Å². The molecule has 0 atom stereocenters. The Kier molecular flexibility index (Phi) is 6.88. The smallest absolute Gasteiger partial charge is 0.407 e. The second kappa shape index (κ2) is 10.4. The number of amides is 1. The Morgan fingerprint density at radius 1 is 1.00 bits per heavy atom. The fraction of sp³-hybridized carbons (Fsp3) is 0.217. The SMILES string of the molecule is O=C(O)N1CCN(Cc2cccc(Oc3ncccn3)c2)CC1.c1ccc2oncc2c1. The molecule has 32 heavy (non-hydrogen) atoms. The second-order valence-electron chi connectivity index (χ2n) is 7.19. The molecule has 0 aliphatic carbocycles. The van der Waals surface area contributed by atoms with Crippen molar-refractivity contribution in [2.45, 2.75) is 6.54 Å². The molecule has 3 heterocycles. The van der Waals surface area contributed by atoms with Crippen LogP contribution in [-0.4, -0.2) is 62.3 Å². The first-order chi connectivity index (χ1) is 15.7. The molecule has 9 nitrogen and oxygen atoms in total. The van der Waals surface area contributed by atoms with Crippen LogP contribution in [0.2, 0.25) is 0 Å². The number of carboxylic acid groups (broad SMARTS) is 1. The predicted octanol–water partition coefficient (Wildman–Crippen LogP) is 3.89. The zero-order chi connectivity index (χ0) is 22.2. The van der Waals surface area contributed by atoms with Gasteiger partial charge in [-0.3, -0.25) is 4.90 Å². The molecule has 2 aromatic heterocycles. The Labute approximate surface area is 184 Å². The fourth-order valence-corrected chi connectivity index (χ4v) is 3.32. The molecule has 2 aromatic carbocycles. The Morgan fingerprint density at radius 2 is 1.78 bits per heavy atom. The molecule has 0 bridgehead atoms. The summed E-state index contributed by atoms with van der Waals surface area (Å²) in [4.78, 5) is 22.7. The lowest BCUT2D eigenvalue weighted by molar-refractivity contribution is 0.103. The summed E-state index contributed by atoms with van der Waals surface area (Å²) >= 11 is 0. The van der Waals surface area contributed by atoms with Crippen LogP contribution in [0.5, 0.6) is 11.8 Å². The van der Waals surface area contributed by atoms with E-state index < -0.39 is 6.09 Å². The van der Waals surface area contributed by atoms with E-state index in [2.05, 4.69) is 20.0 Å². The van der Waals surface area contributed by atoms with Gasteiger partial charge in [-0.2, -0.15) is 0 Å². The van der Waals surface area contributed by atoms with Gasteiger partial charge >= 0.3 is 12.1 Å². The van der Waals surface area contributed by atoms with Crippen LogP contribution in [0.15, 0.2) is 77.7 Å². The number of benzene rings is 2. The second-order valence-corrected chi connectivity index (χ2v) is 7.19. The lowest BCUT2D eigenvalue weighted by Gasteiger charge is -2.33. The van der Waals surface area contributed by atoms with Crippen LogP contribution in [0, 0.1) is 0 Å². The molecule has 1 fully saturated rings. The lowest BCUT2D eigenvalue weighted by Crippen LogP contribution is -2.47. The van der Waals surface area contributed by atoms with Crippen molar-refractivity contribution >= 4 is 17.1 Å². The van der Waals surface area contributed by atoms with Gasteiger partial charge in [0, 0.05) is 50.5 Å². The molecule has 4 aromatic rings. The van der Waals surface area contributed by atoms with Crippen LogP contribution in [-0.2, 0) is 6.54 Å². The topological polar surface area (TPSA) is 105 Å². The minimum Gasteiger partial charge on any atom is -0.465 e. The van der Waals surface area contributed by atoms with Crippen LogP contribution in [0.25, 0.3) is 11.0 Å². The number of rotatable bonds is 4. The van der Waals surface area contributed by atoms with Crippen molar-refractivity contribution in [1.29, 1.82) is 0 Å². The molecule has 9 heteroatoms. The number of carbonyl (C=O) groups is 1. The molecule has 0 radical (unpaired) electrons. The minimum absolute atomic E-state index is 0.319. The molecule has 164 valence electrons. The van der Waals surface area contributed by atoms with Gasteiger partial charge in [-0.05, 0) is 35.9 Å². The highest BCUT2D eigenvalue weighted by atomic mass is 16.5. The number of nitrogens with zero attached hydrogens (tertiary/aromatic N) is 5. The van der Waals surface area contributed by atoms with Crippen LogP contribution in [0.1, 0.15) is 5.56 Å². The van der Waals surface area contributed by atoms with Crippen molar-refractivity contribution in [2.24, 2.45) is 0 Å². The maximum atomic E-state index is 10.9. The van der Waals surface area contributed by atoms with Gasteiger partial charge < -0.3 is 19.3 Å². The highest BCUT2D eigenvalue weighted by Gasteiger charge is 2.20. The number of hydrogen-bond acceptors (Lipinski definition) is 7. The molecule has 0 saturated carbocycles. The average Bonchev–Trinajstić information content (AvgIpc) is 3.30. The largest absolute Gasteiger partial charge is 0.465 e. The lowest BCUT2D eigenvalue weighted by atomic mass is 10.2. The van der Waals surface area contributed by atoms with E-state index >= 15 is 0 Å². The molecule has 0 spiro atoms. The maximum Gasteiger partial charge on any atom is 0.407 e. The normalized spacial score (nSPS) is 13.9. The molecule has 1 N–H and O–H groups in total. The molecular formula is C23H23N5O4.